The van der Waals surface area contributed by atoms with E-state index in [1.807, 2.05) is 29.2 Å². The monoisotopic (exact) mass is 453 g/mol. The second kappa shape index (κ2) is 8.65. The normalized spacial score (nSPS) is 18.4. The Bertz CT molecular complexity index is 1170. The molecule has 2 aromatic carbocycles. The van der Waals surface area contributed by atoms with Crippen LogP contribution in [0.1, 0.15) is 29.0 Å². The summed E-state index contributed by atoms with van der Waals surface area (Å²) in [7, 11) is -3.46. The summed E-state index contributed by atoms with van der Waals surface area (Å²) >= 11 is 0. The van der Waals surface area contributed by atoms with Crippen molar-refractivity contribution >= 4 is 27.0 Å². The molecule has 2 fully saturated rings. The third kappa shape index (κ3) is 4.15. The van der Waals surface area contributed by atoms with Gasteiger partial charge in [0.2, 0.25) is 10.0 Å². The van der Waals surface area contributed by atoms with Gasteiger partial charge in [0.25, 0.3) is 5.91 Å². The number of para-hydroxylation sites is 2. The molecule has 2 aliphatic rings. The molecular weight excluding hydrogens is 426 g/mol. The molecule has 0 unspecified atom stereocenters. The van der Waals surface area contributed by atoms with E-state index in [-0.39, 0.29) is 10.8 Å². The Morgan fingerprint density at radius 1 is 0.906 bits per heavy atom. The third-order valence-electron chi connectivity index (χ3n) is 6.28. The van der Waals surface area contributed by atoms with Gasteiger partial charge in [-0.25, -0.2) is 13.4 Å². The number of rotatable bonds is 5. The molecule has 1 amide bonds. The summed E-state index contributed by atoms with van der Waals surface area (Å²) < 4.78 is 26.9. The Hall–Kier alpha value is -2.75. The van der Waals surface area contributed by atoms with Crippen LogP contribution in [0, 0.1) is 0 Å². The van der Waals surface area contributed by atoms with E-state index < -0.39 is 10.0 Å². The lowest BCUT2D eigenvalue weighted by Gasteiger charge is -2.34. The largest absolute Gasteiger partial charge is 0.341 e. The fourth-order valence-corrected chi connectivity index (χ4v) is 5.95. The van der Waals surface area contributed by atoms with Gasteiger partial charge in [-0.1, -0.05) is 12.1 Å². The Balaban J connectivity index is 1.19. The summed E-state index contributed by atoms with van der Waals surface area (Å²) in [6.45, 7) is 4.66. The van der Waals surface area contributed by atoms with Crippen LogP contribution in [0.4, 0.5) is 0 Å². The first-order chi connectivity index (χ1) is 15.5. The summed E-state index contributed by atoms with van der Waals surface area (Å²) in [6, 6.07) is 14.3. The minimum atomic E-state index is -3.46. The van der Waals surface area contributed by atoms with Crippen LogP contribution < -0.4 is 0 Å². The number of carbonyl (C=O) groups excluding carboxylic acids is 1. The van der Waals surface area contributed by atoms with E-state index in [1.54, 1.807) is 24.3 Å². The number of fused-ring (bicyclic) bond motifs is 1. The van der Waals surface area contributed by atoms with Crippen molar-refractivity contribution in [3.63, 3.8) is 0 Å². The molecule has 9 heteroatoms. The molecule has 2 aliphatic heterocycles. The van der Waals surface area contributed by atoms with E-state index in [0.29, 0.717) is 31.7 Å². The van der Waals surface area contributed by atoms with Crippen LogP contribution in [0.25, 0.3) is 11.0 Å². The first kappa shape index (κ1) is 21.1. The molecule has 168 valence electrons. The number of amides is 1. The van der Waals surface area contributed by atoms with E-state index in [9.17, 15) is 13.2 Å². The predicted octanol–water partition coefficient (Wildman–Crippen LogP) is 2.31. The Morgan fingerprint density at radius 2 is 1.59 bits per heavy atom. The second-order valence-corrected chi connectivity index (χ2v) is 10.3. The molecule has 0 saturated carbocycles. The molecule has 5 rings (SSSR count). The third-order valence-corrected chi connectivity index (χ3v) is 8.19. The second-order valence-electron chi connectivity index (χ2n) is 8.40. The van der Waals surface area contributed by atoms with Crippen LogP contribution in [-0.4, -0.2) is 77.7 Å². The van der Waals surface area contributed by atoms with Gasteiger partial charge in [-0.2, -0.15) is 4.31 Å². The average molecular weight is 454 g/mol. The highest BCUT2D eigenvalue weighted by Crippen LogP contribution is 2.22. The minimum absolute atomic E-state index is 0.0569. The molecule has 1 aromatic heterocycles. The summed E-state index contributed by atoms with van der Waals surface area (Å²) in [4.78, 5) is 25.3. The summed E-state index contributed by atoms with van der Waals surface area (Å²) in [6.07, 6.45) is 1.80. The molecule has 0 bridgehead atoms. The number of nitrogens with zero attached hydrogens (tertiary/aromatic N) is 4. The van der Waals surface area contributed by atoms with Crippen molar-refractivity contribution in [3.05, 3.63) is 59.9 Å². The van der Waals surface area contributed by atoms with Gasteiger partial charge in [0.05, 0.1) is 22.5 Å². The first-order valence-corrected chi connectivity index (χ1v) is 12.5. The molecule has 0 aliphatic carbocycles. The molecule has 1 N–H and O–H groups in total. The van der Waals surface area contributed by atoms with Gasteiger partial charge in [-0.3, -0.25) is 9.69 Å². The molecule has 3 heterocycles. The number of piperazine rings is 1. The van der Waals surface area contributed by atoms with Crippen LogP contribution in [-0.2, 0) is 16.6 Å². The molecule has 0 spiro atoms. The maximum Gasteiger partial charge on any atom is 0.253 e. The maximum absolute atomic E-state index is 12.9. The number of nitrogens with one attached hydrogen (secondary N) is 1. The number of sulfonamides is 1. The van der Waals surface area contributed by atoms with Gasteiger partial charge in [0.15, 0.2) is 0 Å². The van der Waals surface area contributed by atoms with Crippen LogP contribution in [0.3, 0.4) is 0 Å². The fourth-order valence-electron chi connectivity index (χ4n) is 4.43. The zero-order valence-electron chi connectivity index (χ0n) is 17.9. The predicted molar refractivity (Wildman–Crippen MR) is 122 cm³/mol. The molecule has 8 nitrogen and oxygen atoms in total. The molecule has 0 radical (unpaired) electrons. The molecule has 0 atom stereocenters. The lowest BCUT2D eigenvalue weighted by atomic mass is 10.2. The number of H-pyrrole nitrogens is 1. The number of imidazole rings is 1. The SMILES string of the molecule is O=C(c1ccc(S(=O)(=O)N2CCCC2)cc1)N1CCN(Cc2nc3ccccc3[nH]2)CC1. The van der Waals surface area contributed by atoms with Gasteiger partial charge in [0, 0.05) is 44.8 Å². The lowest BCUT2D eigenvalue weighted by Crippen LogP contribution is -2.48. The van der Waals surface area contributed by atoms with Gasteiger partial charge in [0.1, 0.15) is 5.82 Å². The van der Waals surface area contributed by atoms with Crippen molar-refractivity contribution in [2.75, 3.05) is 39.3 Å². The number of carbonyl (C=O) groups is 1. The van der Waals surface area contributed by atoms with E-state index in [4.69, 9.17) is 0 Å². The quantitative estimate of drug-likeness (QED) is 0.640. The van der Waals surface area contributed by atoms with Crippen molar-refractivity contribution in [3.8, 4) is 0 Å². The van der Waals surface area contributed by atoms with Crippen LogP contribution in [0.2, 0.25) is 0 Å². The Morgan fingerprint density at radius 3 is 2.28 bits per heavy atom. The standard InChI is InChI=1S/C23H27N5O3S/c29-23(18-7-9-19(10-8-18)32(30,31)28-11-3-4-12-28)27-15-13-26(14-16-27)17-22-24-20-5-1-2-6-21(20)25-22/h1-2,5-10H,3-4,11-17H2,(H,24,25). The molecule has 2 saturated heterocycles. The van der Waals surface area contributed by atoms with E-state index in [2.05, 4.69) is 14.9 Å². The number of aromatic nitrogens is 2. The zero-order valence-corrected chi connectivity index (χ0v) is 18.7. The lowest BCUT2D eigenvalue weighted by molar-refractivity contribution is 0.0626. The fraction of sp³-hybridized carbons (Fsp3) is 0.391. The van der Waals surface area contributed by atoms with E-state index in [1.165, 1.54) is 4.31 Å². The molecule has 3 aromatic rings. The van der Waals surface area contributed by atoms with Crippen molar-refractivity contribution in [2.24, 2.45) is 0 Å². The summed E-state index contributed by atoms with van der Waals surface area (Å²) in [5, 5.41) is 0. The van der Waals surface area contributed by atoms with E-state index in [0.717, 1.165) is 49.3 Å². The molecule has 32 heavy (non-hydrogen) atoms. The van der Waals surface area contributed by atoms with Crippen molar-refractivity contribution in [1.29, 1.82) is 0 Å². The average Bonchev–Trinajstić information content (AvgIpc) is 3.49. The molecular formula is C23H27N5O3S. The minimum Gasteiger partial charge on any atom is -0.341 e. The highest BCUT2D eigenvalue weighted by atomic mass is 32.2. The smallest absolute Gasteiger partial charge is 0.253 e. The van der Waals surface area contributed by atoms with Crippen molar-refractivity contribution < 1.29 is 13.2 Å². The summed E-state index contributed by atoms with van der Waals surface area (Å²) in [5.41, 5.74) is 2.52. The maximum atomic E-state index is 12.9. The highest BCUT2D eigenvalue weighted by molar-refractivity contribution is 7.89. The van der Waals surface area contributed by atoms with Crippen LogP contribution in [0.5, 0.6) is 0 Å². The number of aromatic amines is 1. The van der Waals surface area contributed by atoms with E-state index >= 15 is 0 Å². The number of hydrogen-bond acceptors (Lipinski definition) is 5. The number of hydrogen-bond donors (Lipinski definition) is 1. The van der Waals surface area contributed by atoms with Crippen LogP contribution >= 0.6 is 0 Å². The first-order valence-electron chi connectivity index (χ1n) is 11.1. The highest BCUT2D eigenvalue weighted by Gasteiger charge is 2.28. The van der Waals surface area contributed by atoms with Crippen molar-refractivity contribution in [1.82, 2.24) is 24.1 Å². The number of benzene rings is 2. The van der Waals surface area contributed by atoms with Gasteiger partial charge < -0.3 is 9.88 Å². The zero-order chi connectivity index (χ0) is 22.1. The van der Waals surface area contributed by atoms with Gasteiger partial charge in [-0.15, -0.1) is 0 Å². The van der Waals surface area contributed by atoms with Crippen molar-refractivity contribution in [2.45, 2.75) is 24.3 Å². The summed E-state index contributed by atoms with van der Waals surface area (Å²) in [5.74, 6) is 0.874. The Kier molecular flexibility index (Phi) is 5.71. The van der Waals surface area contributed by atoms with Gasteiger partial charge in [-0.05, 0) is 49.2 Å². The Labute approximate surface area is 187 Å². The topological polar surface area (TPSA) is 89.6 Å². The van der Waals surface area contributed by atoms with Gasteiger partial charge >= 0.3 is 0 Å². The van der Waals surface area contributed by atoms with Crippen LogP contribution in [0.15, 0.2) is 53.4 Å².